The molecule has 0 aliphatic carbocycles. The van der Waals surface area contributed by atoms with Crippen molar-refractivity contribution in [2.45, 2.75) is 18.5 Å². The van der Waals surface area contributed by atoms with Crippen molar-refractivity contribution in [1.82, 2.24) is 10.3 Å². The summed E-state index contributed by atoms with van der Waals surface area (Å²) in [6.07, 6.45) is 0.322. The molecule has 1 aliphatic rings. The van der Waals surface area contributed by atoms with Gasteiger partial charge in [0.15, 0.2) is 0 Å². The minimum atomic E-state index is -0.972. The Morgan fingerprint density at radius 1 is 1.30 bits per heavy atom. The number of ether oxygens (including phenoxy) is 1. The summed E-state index contributed by atoms with van der Waals surface area (Å²) >= 11 is 0. The van der Waals surface area contributed by atoms with E-state index in [2.05, 4.69) is 10.3 Å². The zero-order chi connectivity index (χ0) is 19.1. The molecule has 0 bridgehead atoms. The number of carboxylic acid groups (broad SMARTS) is 1. The summed E-state index contributed by atoms with van der Waals surface area (Å²) < 4.78 is 5.39. The van der Waals surface area contributed by atoms with Crippen LogP contribution in [0.2, 0.25) is 0 Å². The van der Waals surface area contributed by atoms with Gasteiger partial charge in [0.1, 0.15) is 11.8 Å². The Bertz CT molecular complexity index is 1060. The van der Waals surface area contributed by atoms with Crippen LogP contribution in [0.25, 0.3) is 10.9 Å². The van der Waals surface area contributed by atoms with Crippen molar-refractivity contribution in [3.05, 3.63) is 69.4 Å². The van der Waals surface area contributed by atoms with Gasteiger partial charge in [0.2, 0.25) is 0 Å². The van der Waals surface area contributed by atoms with Gasteiger partial charge in [0.05, 0.1) is 18.1 Å². The molecule has 8 heteroatoms. The molecular formula is C19H17N3O5. The minimum absolute atomic E-state index is 0.0808. The van der Waals surface area contributed by atoms with Crippen LogP contribution in [0.1, 0.15) is 22.9 Å². The maximum Gasteiger partial charge on any atom is 0.321 e. The van der Waals surface area contributed by atoms with Gasteiger partial charge >= 0.3 is 5.97 Å². The fourth-order valence-electron chi connectivity index (χ4n) is 3.70. The molecule has 138 valence electrons. The van der Waals surface area contributed by atoms with E-state index in [1.165, 1.54) is 25.3 Å². The maximum atomic E-state index is 11.7. The zero-order valence-corrected chi connectivity index (χ0v) is 14.4. The molecule has 0 fully saturated rings. The van der Waals surface area contributed by atoms with Crippen LogP contribution in [-0.4, -0.2) is 34.1 Å². The first-order valence-electron chi connectivity index (χ1n) is 8.40. The molecule has 1 aliphatic heterocycles. The van der Waals surface area contributed by atoms with Crippen molar-refractivity contribution in [2.24, 2.45) is 0 Å². The summed E-state index contributed by atoms with van der Waals surface area (Å²) in [6, 6.07) is 10.6. The molecule has 27 heavy (non-hydrogen) atoms. The van der Waals surface area contributed by atoms with E-state index < -0.39 is 23.0 Å². The van der Waals surface area contributed by atoms with Crippen LogP contribution in [0.4, 0.5) is 5.69 Å². The number of rotatable bonds is 4. The third-order valence-corrected chi connectivity index (χ3v) is 4.94. The number of benzene rings is 2. The van der Waals surface area contributed by atoms with Gasteiger partial charge in [-0.1, -0.05) is 18.2 Å². The lowest BCUT2D eigenvalue weighted by molar-refractivity contribution is -0.385. The first kappa shape index (κ1) is 17.0. The van der Waals surface area contributed by atoms with Crippen molar-refractivity contribution >= 4 is 22.6 Å². The third kappa shape index (κ3) is 2.80. The van der Waals surface area contributed by atoms with Crippen LogP contribution in [0.5, 0.6) is 5.75 Å². The molecule has 2 heterocycles. The monoisotopic (exact) mass is 367 g/mol. The SMILES string of the molecule is COc1ccc([N+](=O)[O-])cc1[C@H]1N[C@H](C(=O)O)Cc2c1[nH]c1ccccc21. The predicted octanol–water partition coefficient (Wildman–Crippen LogP) is 2.77. The first-order chi connectivity index (χ1) is 13.0. The number of non-ortho nitro benzene ring substituents is 1. The number of hydrogen-bond donors (Lipinski definition) is 3. The molecule has 4 rings (SSSR count). The maximum absolute atomic E-state index is 11.7. The predicted molar refractivity (Wildman–Crippen MR) is 98.1 cm³/mol. The number of nitrogens with zero attached hydrogens (tertiary/aromatic N) is 1. The van der Waals surface area contributed by atoms with E-state index in [-0.39, 0.29) is 5.69 Å². The lowest BCUT2D eigenvalue weighted by Crippen LogP contribution is -2.45. The number of para-hydroxylation sites is 1. The Morgan fingerprint density at radius 3 is 2.78 bits per heavy atom. The van der Waals surface area contributed by atoms with Crippen molar-refractivity contribution in [3.63, 3.8) is 0 Å². The summed E-state index contributed by atoms with van der Waals surface area (Å²) in [6.45, 7) is 0. The Morgan fingerprint density at radius 2 is 2.07 bits per heavy atom. The number of carboxylic acids is 1. The molecule has 0 spiro atoms. The number of methoxy groups -OCH3 is 1. The quantitative estimate of drug-likeness (QED) is 0.482. The van der Waals surface area contributed by atoms with Crippen LogP contribution >= 0.6 is 0 Å². The molecule has 2 atom stereocenters. The molecule has 2 aromatic carbocycles. The average Bonchev–Trinajstić information content (AvgIpc) is 3.05. The van der Waals surface area contributed by atoms with Gasteiger partial charge in [-0.15, -0.1) is 0 Å². The number of aliphatic carboxylic acids is 1. The molecule has 0 saturated carbocycles. The molecule has 0 radical (unpaired) electrons. The van der Waals surface area contributed by atoms with E-state index in [9.17, 15) is 20.0 Å². The summed E-state index contributed by atoms with van der Waals surface area (Å²) in [4.78, 5) is 25.8. The standard InChI is InChI=1S/C19H17N3O5/c1-27-16-7-6-10(22(25)26)8-13(16)18-17-12(9-15(21-18)19(23)24)11-4-2-3-5-14(11)20-17/h2-8,15,18,20-21H,9H2,1H3,(H,23,24)/t15-,18+/m0/s1. The number of H-pyrrole nitrogens is 1. The second-order valence-electron chi connectivity index (χ2n) is 6.44. The van der Waals surface area contributed by atoms with Crippen molar-refractivity contribution in [2.75, 3.05) is 7.11 Å². The summed E-state index contributed by atoms with van der Waals surface area (Å²) in [5, 5.41) is 24.9. The van der Waals surface area contributed by atoms with Gasteiger partial charge in [0, 0.05) is 40.7 Å². The van der Waals surface area contributed by atoms with E-state index >= 15 is 0 Å². The molecule has 1 aromatic heterocycles. The second kappa shape index (κ2) is 6.40. The number of nitrogens with one attached hydrogen (secondary N) is 2. The number of carbonyl (C=O) groups is 1. The van der Waals surface area contributed by atoms with Gasteiger partial charge in [-0.3, -0.25) is 20.2 Å². The molecule has 3 aromatic rings. The number of hydrogen-bond acceptors (Lipinski definition) is 5. The molecule has 0 unspecified atom stereocenters. The Kier molecular flexibility index (Phi) is 4.04. The second-order valence-corrected chi connectivity index (χ2v) is 6.44. The van der Waals surface area contributed by atoms with Crippen LogP contribution in [0.15, 0.2) is 42.5 Å². The van der Waals surface area contributed by atoms with E-state index in [1.54, 1.807) is 0 Å². The van der Waals surface area contributed by atoms with E-state index in [0.29, 0.717) is 17.7 Å². The third-order valence-electron chi connectivity index (χ3n) is 4.94. The summed E-state index contributed by atoms with van der Waals surface area (Å²) in [7, 11) is 1.48. The molecule has 0 saturated heterocycles. The molecular weight excluding hydrogens is 350 g/mol. The van der Waals surface area contributed by atoms with Crippen molar-refractivity contribution in [3.8, 4) is 5.75 Å². The Labute approximate surface area is 153 Å². The molecule has 8 nitrogen and oxygen atoms in total. The van der Waals surface area contributed by atoms with Crippen molar-refractivity contribution in [1.29, 1.82) is 0 Å². The summed E-state index contributed by atoms with van der Waals surface area (Å²) in [5.74, 6) is -0.519. The summed E-state index contributed by atoms with van der Waals surface area (Å²) in [5.41, 5.74) is 3.03. The molecule has 3 N–H and O–H groups in total. The van der Waals surface area contributed by atoms with Gasteiger partial charge in [-0.2, -0.15) is 0 Å². The lowest BCUT2D eigenvalue weighted by Gasteiger charge is -2.30. The van der Waals surface area contributed by atoms with Crippen LogP contribution in [0, 0.1) is 10.1 Å². The minimum Gasteiger partial charge on any atom is -0.496 e. The molecule has 0 amide bonds. The van der Waals surface area contributed by atoms with Crippen molar-refractivity contribution < 1.29 is 19.6 Å². The number of aromatic nitrogens is 1. The largest absolute Gasteiger partial charge is 0.496 e. The number of nitro benzene ring substituents is 1. The topological polar surface area (TPSA) is 117 Å². The highest BCUT2D eigenvalue weighted by Crippen LogP contribution is 2.39. The first-order valence-corrected chi connectivity index (χ1v) is 8.40. The number of aromatic amines is 1. The van der Waals surface area contributed by atoms with E-state index in [1.807, 2.05) is 24.3 Å². The van der Waals surface area contributed by atoms with Gasteiger partial charge in [0.25, 0.3) is 5.69 Å². The Hall–Kier alpha value is -3.39. The van der Waals surface area contributed by atoms with E-state index in [0.717, 1.165) is 22.2 Å². The number of fused-ring (bicyclic) bond motifs is 3. The normalized spacial score (nSPS) is 18.9. The van der Waals surface area contributed by atoms with Gasteiger partial charge in [-0.05, 0) is 17.7 Å². The Balaban J connectivity index is 1.94. The fraction of sp³-hybridized carbons (Fsp3) is 0.211. The highest BCUT2D eigenvalue weighted by atomic mass is 16.6. The van der Waals surface area contributed by atoms with Crippen LogP contribution < -0.4 is 10.1 Å². The average molecular weight is 367 g/mol. The highest BCUT2D eigenvalue weighted by Gasteiger charge is 2.35. The number of nitro groups is 1. The lowest BCUT2D eigenvalue weighted by atomic mass is 9.89. The van der Waals surface area contributed by atoms with Crippen LogP contribution in [-0.2, 0) is 11.2 Å². The van der Waals surface area contributed by atoms with E-state index in [4.69, 9.17) is 4.74 Å². The zero-order valence-electron chi connectivity index (χ0n) is 14.4. The smallest absolute Gasteiger partial charge is 0.321 e. The van der Waals surface area contributed by atoms with Gasteiger partial charge in [-0.25, -0.2) is 0 Å². The van der Waals surface area contributed by atoms with Crippen LogP contribution in [0.3, 0.4) is 0 Å². The highest BCUT2D eigenvalue weighted by molar-refractivity contribution is 5.87. The van der Waals surface area contributed by atoms with Gasteiger partial charge < -0.3 is 14.8 Å². The fourth-order valence-corrected chi connectivity index (χ4v) is 3.70.